The van der Waals surface area contributed by atoms with Crippen molar-refractivity contribution in [3.8, 4) is 0 Å². The number of nitrogens with zero attached hydrogens (tertiary/aromatic N) is 1. The van der Waals surface area contributed by atoms with E-state index >= 15 is 0 Å². The predicted molar refractivity (Wildman–Crippen MR) is 63.7 cm³/mol. The molecular formula is C12H12BrN. The molecule has 0 saturated carbocycles. The van der Waals surface area contributed by atoms with Gasteiger partial charge in [-0.1, -0.05) is 15.9 Å². The van der Waals surface area contributed by atoms with Crippen molar-refractivity contribution in [2.24, 2.45) is 0 Å². The maximum absolute atomic E-state index is 4.51. The molecule has 2 heteroatoms. The Morgan fingerprint density at radius 3 is 2.43 bits per heavy atom. The molecule has 0 aliphatic heterocycles. The van der Waals surface area contributed by atoms with Crippen molar-refractivity contribution in [2.75, 3.05) is 0 Å². The Hall–Kier alpha value is -0.890. The minimum absolute atomic E-state index is 1.07. The van der Waals surface area contributed by atoms with Crippen molar-refractivity contribution in [1.29, 1.82) is 0 Å². The third-order valence-corrected chi connectivity index (χ3v) is 3.28. The molecule has 0 amide bonds. The van der Waals surface area contributed by atoms with E-state index in [0.717, 1.165) is 15.7 Å². The van der Waals surface area contributed by atoms with Gasteiger partial charge in [0.2, 0.25) is 0 Å². The molecule has 0 saturated heterocycles. The van der Waals surface area contributed by atoms with Crippen LogP contribution >= 0.6 is 15.9 Å². The van der Waals surface area contributed by atoms with Crippen LogP contribution in [-0.4, -0.2) is 4.98 Å². The monoisotopic (exact) mass is 249 g/mol. The van der Waals surface area contributed by atoms with Gasteiger partial charge in [-0.05, 0) is 50.1 Å². The van der Waals surface area contributed by atoms with E-state index in [4.69, 9.17) is 0 Å². The minimum atomic E-state index is 1.07. The number of aryl methyl sites for hydroxylation is 3. The number of hydrogen-bond donors (Lipinski definition) is 0. The first-order valence-electron chi connectivity index (χ1n) is 4.62. The lowest BCUT2D eigenvalue weighted by Crippen LogP contribution is -1.88. The van der Waals surface area contributed by atoms with Crippen LogP contribution in [0.15, 0.2) is 22.7 Å². The highest BCUT2D eigenvalue weighted by Gasteiger charge is 2.03. The van der Waals surface area contributed by atoms with Gasteiger partial charge in [-0.2, -0.15) is 0 Å². The highest BCUT2D eigenvalue weighted by atomic mass is 79.9. The Kier molecular flexibility index (Phi) is 2.31. The summed E-state index contributed by atoms with van der Waals surface area (Å²) in [5, 5.41) is 1.25. The zero-order valence-corrected chi connectivity index (χ0v) is 10.1. The fraction of sp³-hybridized carbons (Fsp3) is 0.250. The molecule has 0 N–H and O–H groups in total. The Bertz CT molecular complexity index is 503. The van der Waals surface area contributed by atoms with Gasteiger partial charge < -0.3 is 0 Å². The van der Waals surface area contributed by atoms with Crippen LogP contribution in [0.4, 0.5) is 0 Å². The van der Waals surface area contributed by atoms with Crippen LogP contribution in [0.25, 0.3) is 10.9 Å². The molecule has 72 valence electrons. The number of aromatic nitrogens is 1. The molecule has 14 heavy (non-hydrogen) atoms. The molecule has 1 aromatic heterocycles. The van der Waals surface area contributed by atoms with Crippen molar-refractivity contribution in [1.82, 2.24) is 4.98 Å². The lowest BCUT2D eigenvalue weighted by atomic mass is 10.1. The molecule has 2 aromatic rings. The summed E-state index contributed by atoms with van der Waals surface area (Å²) in [5.41, 5.74) is 4.69. The van der Waals surface area contributed by atoms with Gasteiger partial charge in [-0.15, -0.1) is 0 Å². The second-order valence-corrected chi connectivity index (χ2v) is 4.55. The fourth-order valence-electron chi connectivity index (χ4n) is 1.69. The molecule has 0 aliphatic rings. The zero-order valence-electron chi connectivity index (χ0n) is 8.56. The summed E-state index contributed by atoms with van der Waals surface area (Å²) in [7, 11) is 0. The average Bonchev–Trinajstić information content (AvgIpc) is 2.08. The van der Waals surface area contributed by atoms with Gasteiger partial charge in [-0.3, -0.25) is 4.98 Å². The van der Waals surface area contributed by atoms with Crippen LogP contribution in [0.3, 0.4) is 0 Å². The van der Waals surface area contributed by atoms with Crippen LogP contribution in [0.2, 0.25) is 0 Å². The third kappa shape index (κ3) is 1.55. The van der Waals surface area contributed by atoms with Crippen molar-refractivity contribution in [3.63, 3.8) is 0 Å². The standard InChI is InChI=1S/C12H12BrN/c1-7-4-9(3)14-12-6-11(13)8(2)5-10(7)12/h4-6H,1-3H3. The first-order valence-corrected chi connectivity index (χ1v) is 5.41. The van der Waals surface area contributed by atoms with Crippen LogP contribution in [0.5, 0.6) is 0 Å². The molecular weight excluding hydrogens is 238 g/mol. The van der Waals surface area contributed by atoms with E-state index < -0.39 is 0 Å². The van der Waals surface area contributed by atoms with E-state index in [0.29, 0.717) is 0 Å². The lowest BCUT2D eigenvalue weighted by Gasteiger charge is -2.06. The largest absolute Gasteiger partial charge is 0.253 e. The molecule has 2 rings (SSSR count). The van der Waals surface area contributed by atoms with Crippen molar-refractivity contribution < 1.29 is 0 Å². The van der Waals surface area contributed by atoms with Gasteiger partial charge >= 0.3 is 0 Å². The summed E-state index contributed by atoms with van der Waals surface area (Å²) in [5.74, 6) is 0. The van der Waals surface area contributed by atoms with Crippen molar-refractivity contribution in [2.45, 2.75) is 20.8 Å². The Balaban J connectivity index is 2.89. The normalized spacial score (nSPS) is 10.9. The first-order chi connectivity index (χ1) is 6.58. The molecule has 0 radical (unpaired) electrons. The Morgan fingerprint density at radius 2 is 1.71 bits per heavy atom. The van der Waals surface area contributed by atoms with Gasteiger partial charge in [0, 0.05) is 15.6 Å². The van der Waals surface area contributed by atoms with Gasteiger partial charge in [0.05, 0.1) is 5.52 Å². The van der Waals surface area contributed by atoms with E-state index in [1.165, 1.54) is 16.5 Å². The zero-order chi connectivity index (χ0) is 10.3. The number of rotatable bonds is 0. The van der Waals surface area contributed by atoms with E-state index in [1.807, 2.05) is 6.92 Å². The number of fused-ring (bicyclic) bond motifs is 1. The molecule has 0 unspecified atom stereocenters. The number of hydrogen-bond acceptors (Lipinski definition) is 1. The maximum atomic E-state index is 4.51. The second kappa shape index (κ2) is 3.35. The first kappa shape index (κ1) is 9.66. The quantitative estimate of drug-likeness (QED) is 0.690. The van der Waals surface area contributed by atoms with Gasteiger partial charge in [0.15, 0.2) is 0 Å². The van der Waals surface area contributed by atoms with E-state index in [2.05, 4.69) is 53.0 Å². The number of halogens is 1. The average molecular weight is 250 g/mol. The third-order valence-electron chi connectivity index (χ3n) is 2.42. The summed E-state index contributed by atoms with van der Waals surface area (Å²) >= 11 is 3.53. The molecule has 0 bridgehead atoms. The van der Waals surface area contributed by atoms with Gasteiger partial charge in [0.1, 0.15) is 0 Å². The number of benzene rings is 1. The lowest BCUT2D eigenvalue weighted by molar-refractivity contribution is 1.23. The molecule has 0 atom stereocenters. The van der Waals surface area contributed by atoms with E-state index in [9.17, 15) is 0 Å². The topological polar surface area (TPSA) is 12.9 Å². The SMILES string of the molecule is Cc1cc(C)c2cc(C)c(Br)cc2n1. The smallest absolute Gasteiger partial charge is 0.0719 e. The van der Waals surface area contributed by atoms with E-state index in [-0.39, 0.29) is 0 Å². The Morgan fingerprint density at radius 1 is 1.00 bits per heavy atom. The summed E-state index contributed by atoms with van der Waals surface area (Å²) in [6, 6.07) is 6.39. The van der Waals surface area contributed by atoms with Crippen LogP contribution in [0.1, 0.15) is 16.8 Å². The molecule has 0 fully saturated rings. The highest BCUT2D eigenvalue weighted by molar-refractivity contribution is 9.10. The highest BCUT2D eigenvalue weighted by Crippen LogP contribution is 2.25. The summed E-state index contributed by atoms with van der Waals surface area (Å²) in [4.78, 5) is 4.51. The van der Waals surface area contributed by atoms with Crippen LogP contribution in [-0.2, 0) is 0 Å². The maximum Gasteiger partial charge on any atom is 0.0719 e. The summed E-state index contributed by atoms with van der Waals surface area (Å²) < 4.78 is 1.13. The summed E-state index contributed by atoms with van der Waals surface area (Å²) in [6.45, 7) is 6.26. The van der Waals surface area contributed by atoms with E-state index in [1.54, 1.807) is 0 Å². The molecule has 1 heterocycles. The van der Waals surface area contributed by atoms with Gasteiger partial charge in [-0.25, -0.2) is 0 Å². The predicted octanol–water partition coefficient (Wildman–Crippen LogP) is 3.92. The Labute approximate surface area is 92.3 Å². The minimum Gasteiger partial charge on any atom is -0.253 e. The van der Waals surface area contributed by atoms with Crippen molar-refractivity contribution >= 4 is 26.8 Å². The van der Waals surface area contributed by atoms with Crippen LogP contribution in [0, 0.1) is 20.8 Å². The van der Waals surface area contributed by atoms with Gasteiger partial charge in [0.25, 0.3) is 0 Å². The van der Waals surface area contributed by atoms with Crippen molar-refractivity contribution in [3.05, 3.63) is 39.5 Å². The molecule has 1 nitrogen and oxygen atoms in total. The van der Waals surface area contributed by atoms with Crippen LogP contribution < -0.4 is 0 Å². The molecule has 1 aromatic carbocycles. The summed E-state index contributed by atoms with van der Waals surface area (Å²) in [6.07, 6.45) is 0. The molecule has 0 spiro atoms. The molecule has 0 aliphatic carbocycles. The fourth-order valence-corrected chi connectivity index (χ4v) is 2.02. The number of pyridine rings is 1. The second-order valence-electron chi connectivity index (χ2n) is 3.70.